The minimum atomic E-state index is -3.64. The minimum absolute atomic E-state index is 0.129. The molecule has 3 rings (SSSR count). The predicted octanol–water partition coefficient (Wildman–Crippen LogP) is 0.978. The summed E-state index contributed by atoms with van der Waals surface area (Å²) in [4.78, 5) is 5.71. The summed E-state index contributed by atoms with van der Waals surface area (Å²) in [5, 5.41) is 4.42. The van der Waals surface area contributed by atoms with Gasteiger partial charge in [-0.15, -0.1) is 11.3 Å². The third-order valence-corrected chi connectivity index (χ3v) is 5.84. The van der Waals surface area contributed by atoms with Crippen molar-refractivity contribution in [2.45, 2.75) is 37.1 Å². The Morgan fingerprint density at radius 1 is 1.38 bits per heavy atom. The quantitative estimate of drug-likeness (QED) is 0.852. The largest absolute Gasteiger partial charge is 0.329 e. The lowest BCUT2D eigenvalue weighted by Crippen LogP contribution is -2.13. The van der Waals surface area contributed by atoms with Crippen LogP contribution in [0.25, 0.3) is 0 Å². The first kappa shape index (κ1) is 14.5. The maximum Gasteiger partial charge on any atom is 0.266 e. The second kappa shape index (κ2) is 5.74. The standard InChI is InChI=1S/C12H17N5O2S2/c13-5-6-17-8-9(7-14-17)21(18,19)16-12-15-10-3-1-2-4-11(10)20-12/h7-8H,1-6,13H2,(H,15,16). The van der Waals surface area contributed by atoms with Gasteiger partial charge in [0.1, 0.15) is 4.90 Å². The van der Waals surface area contributed by atoms with Gasteiger partial charge >= 0.3 is 0 Å². The molecule has 0 bridgehead atoms. The van der Waals surface area contributed by atoms with E-state index in [9.17, 15) is 8.42 Å². The van der Waals surface area contributed by atoms with Gasteiger partial charge in [-0.1, -0.05) is 0 Å². The van der Waals surface area contributed by atoms with E-state index in [1.807, 2.05) is 0 Å². The molecule has 2 aromatic rings. The van der Waals surface area contributed by atoms with Crippen molar-refractivity contribution >= 4 is 26.5 Å². The van der Waals surface area contributed by atoms with Gasteiger partial charge in [0.25, 0.3) is 10.0 Å². The van der Waals surface area contributed by atoms with E-state index in [0.717, 1.165) is 31.4 Å². The van der Waals surface area contributed by atoms with Crippen molar-refractivity contribution in [3.8, 4) is 0 Å². The lowest BCUT2D eigenvalue weighted by molar-refractivity contribution is 0.599. The molecule has 9 heteroatoms. The van der Waals surface area contributed by atoms with Crippen molar-refractivity contribution in [1.82, 2.24) is 14.8 Å². The van der Waals surface area contributed by atoms with Gasteiger partial charge in [0.15, 0.2) is 5.13 Å². The van der Waals surface area contributed by atoms with E-state index in [2.05, 4.69) is 14.8 Å². The Morgan fingerprint density at radius 3 is 2.95 bits per heavy atom. The number of thiazole rings is 1. The molecule has 3 N–H and O–H groups in total. The summed E-state index contributed by atoms with van der Waals surface area (Å²) in [5.41, 5.74) is 6.45. The molecule has 21 heavy (non-hydrogen) atoms. The zero-order chi connectivity index (χ0) is 14.9. The summed E-state index contributed by atoms with van der Waals surface area (Å²) < 4.78 is 28.7. The minimum Gasteiger partial charge on any atom is -0.329 e. The van der Waals surface area contributed by atoms with Crippen molar-refractivity contribution in [1.29, 1.82) is 0 Å². The summed E-state index contributed by atoms with van der Waals surface area (Å²) in [7, 11) is -3.64. The highest BCUT2D eigenvalue weighted by Crippen LogP contribution is 2.30. The van der Waals surface area contributed by atoms with Crippen molar-refractivity contribution < 1.29 is 8.42 Å². The lowest BCUT2D eigenvalue weighted by Gasteiger charge is -2.06. The fourth-order valence-electron chi connectivity index (χ4n) is 2.31. The number of hydrogen-bond acceptors (Lipinski definition) is 6. The van der Waals surface area contributed by atoms with E-state index in [4.69, 9.17) is 5.73 Å². The van der Waals surface area contributed by atoms with Gasteiger partial charge in [-0.05, 0) is 25.7 Å². The van der Waals surface area contributed by atoms with Crippen LogP contribution < -0.4 is 10.5 Å². The molecule has 0 fully saturated rings. The number of nitrogens with one attached hydrogen (secondary N) is 1. The van der Waals surface area contributed by atoms with Crippen LogP contribution in [0.4, 0.5) is 5.13 Å². The van der Waals surface area contributed by atoms with E-state index >= 15 is 0 Å². The zero-order valence-corrected chi connectivity index (χ0v) is 13.1. The fraction of sp³-hybridized carbons (Fsp3) is 0.500. The highest BCUT2D eigenvalue weighted by Gasteiger charge is 2.21. The van der Waals surface area contributed by atoms with Gasteiger partial charge in [-0.2, -0.15) is 5.10 Å². The van der Waals surface area contributed by atoms with Crippen LogP contribution in [0.1, 0.15) is 23.4 Å². The summed E-state index contributed by atoms with van der Waals surface area (Å²) in [6.07, 6.45) is 6.99. The number of nitrogens with zero attached hydrogens (tertiary/aromatic N) is 3. The number of nitrogens with two attached hydrogens (primary N) is 1. The molecule has 0 radical (unpaired) electrons. The van der Waals surface area contributed by atoms with Gasteiger partial charge in [0.2, 0.25) is 0 Å². The summed E-state index contributed by atoms with van der Waals surface area (Å²) in [6, 6.07) is 0. The molecular formula is C12H17N5O2S2. The van der Waals surface area contributed by atoms with Gasteiger partial charge in [0.05, 0.1) is 18.4 Å². The van der Waals surface area contributed by atoms with Gasteiger partial charge < -0.3 is 5.73 Å². The number of sulfonamides is 1. The maximum absolute atomic E-state index is 12.3. The average Bonchev–Trinajstić information content (AvgIpc) is 3.04. The van der Waals surface area contributed by atoms with Gasteiger partial charge in [0, 0.05) is 17.6 Å². The summed E-state index contributed by atoms with van der Waals surface area (Å²) in [6.45, 7) is 0.898. The van der Waals surface area contributed by atoms with Crippen LogP contribution in [-0.4, -0.2) is 29.7 Å². The van der Waals surface area contributed by atoms with E-state index in [1.165, 1.54) is 33.3 Å². The molecule has 0 atom stereocenters. The number of rotatable bonds is 5. The van der Waals surface area contributed by atoms with E-state index in [0.29, 0.717) is 18.2 Å². The molecule has 114 valence electrons. The SMILES string of the molecule is NCCn1cc(S(=O)(=O)Nc2nc3c(s2)CCCC3)cn1. The average molecular weight is 327 g/mol. The van der Waals surface area contributed by atoms with Crippen molar-refractivity contribution in [2.75, 3.05) is 11.3 Å². The normalized spacial score (nSPS) is 14.9. The third-order valence-electron chi connectivity index (χ3n) is 3.35. The first-order chi connectivity index (χ1) is 10.1. The molecule has 0 aliphatic heterocycles. The van der Waals surface area contributed by atoms with E-state index < -0.39 is 10.0 Å². The molecule has 0 saturated carbocycles. The second-order valence-corrected chi connectivity index (χ2v) is 7.70. The predicted molar refractivity (Wildman–Crippen MR) is 80.8 cm³/mol. The second-order valence-electron chi connectivity index (χ2n) is 4.93. The van der Waals surface area contributed by atoms with Crippen LogP contribution in [0.5, 0.6) is 0 Å². The maximum atomic E-state index is 12.3. The topological polar surface area (TPSA) is 103 Å². The van der Waals surface area contributed by atoms with Crippen molar-refractivity contribution in [2.24, 2.45) is 5.73 Å². The highest BCUT2D eigenvalue weighted by atomic mass is 32.2. The van der Waals surface area contributed by atoms with E-state index in [1.54, 1.807) is 0 Å². The van der Waals surface area contributed by atoms with Gasteiger partial charge in [-0.3, -0.25) is 9.40 Å². The molecule has 2 heterocycles. The van der Waals surface area contributed by atoms with Crippen molar-refractivity contribution in [3.05, 3.63) is 23.0 Å². The molecule has 0 amide bonds. The summed E-state index contributed by atoms with van der Waals surface area (Å²) >= 11 is 1.43. The first-order valence-electron chi connectivity index (χ1n) is 6.82. The molecule has 0 spiro atoms. The molecule has 0 unspecified atom stereocenters. The molecular weight excluding hydrogens is 310 g/mol. The number of hydrogen-bond donors (Lipinski definition) is 2. The number of anilines is 1. The molecule has 0 saturated heterocycles. The Hall–Kier alpha value is -1.45. The Bertz CT molecular complexity index is 711. The smallest absolute Gasteiger partial charge is 0.266 e. The Morgan fingerprint density at radius 2 is 2.19 bits per heavy atom. The monoisotopic (exact) mass is 327 g/mol. The number of aryl methyl sites for hydroxylation is 2. The van der Waals surface area contributed by atoms with Crippen LogP contribution in [0.3, 0.4) is 0 Å². The molecule has 1 aliphatic carbocycles. The van der Waals surface area contributed by atoms with Crippen LogP contribution >= 0.6 is 11.3 Å². The van der Waals surface area contributed by atoms with Crippen molar-refractivity contribution in [3.63, 3.8) is 0 Å². The number of fused-ring (bicyclic) bond motifs is 1. The number of aromatic nitrogens is 3. The van der Waals surface area contributed by atoms with Gasteiger partial charge in [-0.25, -0.2) is 13.4 Å². The lowest BCUT2D eigenvalue weighted by atomic mass is 10.0. The highest BCUT2D eigenvalue weighted by molar-refractivity contribution is 7.93. The Balaban J connectivity index is 1.80. The van der Waals surface area contributed by atoms with Crippen LogP contribution in [0.2, 0.25) is 0 Å². The Labute approximate surface area is 127 Å². The summed E-state index contributed by atoms with van der Waals surface area (Å²) in [5.74, 6) is 0. The van der Waals surface area contributed by atoms with Crippen LogP contribution in [0.15, 0.2) is 17.3 Å². The van der Waals surface area contributed by atoms with Crippen LogP contribution in [0, 0.1) is 0 Å². The molecule has 7 nitrogen and oxygen atoms in total. The molecule has 2 aromatic heterocycles. The third kappa shape index (κ3) is 3.09. The zero-order valence-electron chi connectivity index (χ0n) is 11.4. The molecule has 1 aliphatic rings. The first-order valence-corrected chi connectivity index (χ1v) is 9.12. The van der Waals surface area contributed by atoms with E-state index in [-0.39, 0.29) is 4.90 Å². The molecule has 0 aromatic carbocycles. The van der Waals surface area contributed by atoms with Crippen LogP contribution in [-0.2, 0) is 29.4 Å². The fourth-order valence-corrected chi connectivity index (χ4v) is 4.54. The Kier molecular flexibility index (Phi) is 3.96.